The Labute approximate surface area is 107 Å². The van der Waals surface area contributed by atoms with Crippen LogP contribution in [0, 0.1) is 5.41 Å². The minimum atomic E-state index is -0.291. The number of aromatic amines is 1. The van der Waals surface area contributed by atoms with Crippen LogP contribution in [0.4, 0.5) is 11.5 Å². The highest BCUT2D eigenvalue weighted by atomic mass is 16.1. The molecule has 4 N–H and O–H groups in total. The lowest BCUT2D eigenvalue weighted by Crippen LogP contribution is -2.40. The largest absolute Gasteiger partial charge is 0.391 e. The topological polar surface area (TPSA) is 87.0 Å². The third-order valence-corrected chi connectivity index (χ3v) is 3.77. The van der Waals surface area contributed by atoms with E-state index in [-0.39, 0.29) is 16.7 Å². The summed E-state index contributed by atoms with van der Waals surface area (Å²) in [5.41, 5.74) is 5.80. The molecule has 0 aliphatic carbocycles. The smallest absolute Gasteiger partial charge is 0.276 e. The van der Waals surface area contributed by atoms with Crippen molar-refractivity contribution < 1.29 is 0 Å². The fourth-order valence-electron chi connectivity index (χ4n) is 2.18. The maximum absolute atomic E-state index is 11.3. The van der Waals surface area contributed by atoms with Crippen molar-refractivity contribution in [3.05, 3.63) is 16.7 Å². The molecule has 2 heterocycles. The van der Waals surface area contributed by atoms with E-state index in [0.29, 0.717) is 5.82 Å². The molecule has 1 aliphatic heterocycles. The summed E-state index contributed by atoms with van der Waals surface area (Å²) in [6, 6.07) is 0. The molecule has 1 aliphatic rings. The maximum atomic E-state index is 11.3. The number of H-pyrrole nitrogens is 1. The van der Waals surface area contributed by atoms with Crippen LogP contribution in [0.2, 0.25) is 0 Å². The first-order chi connectivity index (χ1) is 8.50. The van der Waals surface area contributed by atoms with Gasteiger partial charge in [0.2, 0.25) is 0 Å². The van der Waals surface area contributed by atoms with Gasteiger partial charge in [0.05, 0.1) is 6.33 Å². The summed E-state index contributed by atoms with van der Waals surface area (Å²) in [5.74, 6) is 0.485. The van der Waals surface area contributed by atoms with Crippen molar-refractivity contribution in [1.29, 1.82) is 0 Å². The van der Waals surface area contributed by atoms with Gasteiger partial charge in [-0.15, -0.1) is 0 Å². The SMILES string of the molecule is CN1CCC(C)(CNc2nc[nH]c(=O)c2N)CC1. The van der Waals surface area contributed by atoms with Gasteiger partial charge >= 0.3 is 0 Å². The predicted octanol–water partition coefficient (Wildman–Crippen LogP) is 0.496. The number of anilines is 2. The molecule has 0 radical (unpaired) electrons. The third-order valence-electron chi connectivity index (χ3n) is 3.77. The van der Waals surface area contributed by atoms with Gasteiger partial charge in [-0.2, -0.15) is 0 Å². The second-order valence-corrected chi connectivity index (χ2v) is 5.46. The van der Waals surface area contributed by atoms with Gasteiger partial charge in [-0.1, -0.05) is 6.92 Å². The molecule has 1 aromatic rings. The van der Waals surface area contributed by atoms with Crippen molar-refractivity contribution in [3.8, 4) is 0 Å². The Morgan fingerprint density at radius 1 is 1.56 bits per heavy atom. The lowest BCUT2D eigenvalue weighted by Gasteiger charge is -2.38. The van der Waals surface area contributed by atoms with E-state index in [1.165, 1.54) is 6.33 Å². The van der Waals surface area contributed by atoms with Crippen molar-refractivity contribution in [2.75, 3.05) is 37.7 Å². The average Bonchev–Trinajstić information content (AvgIpc) is 2.35. The number of rotatable bonds is 3. The summed E-state index contributed by atoms with van der Waals surface area (Å²) in [6.45, 7) is 5.27. The van der Waals surface area contributed by atoms with E-state index in [2.05, 4.69) is 34.2 Å². The zero-order valence-corrected chi connectivity index (χ0v) is 11.0. The van der Waals surface area contributed by atoms with E-state index >= 15 is 0 Å². The molecule has 0 bridgehead atoms. The monoisotopic (exact) mass is 251 g/mol. The lowest BCUT2D eigenvalue weighted by molar-refractivity contribution is 0.150. The predicted molar refractivity (Wildman–Crippen MR) is 72.6 cm³/mol. The van der Waals surface area contributed by atoms with Gasteiger partial charge in [-0.25, -0.2) is 4.98 Å². The Kier molecular flexibility index (Phi) is 3.56. The van der Waals surface area contributed by atoms with Crippen LogP contribution in [0.1, 0.15) is 19.8 Å². The fraction of sp³-hybridized carbons (Fsp3) is 0.667. The Bertz CT molecular complexity index is 462. The second kappa shape index (κ2) is 4.97. The van der Waals surface area contributed by atoms with Crippen LogP contribution in [0.5, 0.6) is 0 Å². The van der Waals surface area contributed by atoms with Gasteiger partial charge < -0.3 is 20.9 Å². The van der Waals surface area contributed by atoms with Gasteiger partial charge in [0.15, 0.2) is 5.82 Å². The highest BCUT2D eigenvalue weighted by Crippen LogP contribution is 2.30. The summed E-state index contributed by atoms with van der Waals surface area (Å²) < 4.78 is 0. The number of piperidine rings is 1. The first kappa shape index (κ1) is 12.9. The maximum Gasteiger partial charge on any atom is 0.276 e. The molecule has 0 saturated carbocycles. The van der Waals surface area contributed by atoms with Gasteiger partial charge in [-0.3, -0.25) is 4.79 Å². The molecule has 2 rings (SSSR count). The van der Waals surface area contributed by atoms with Crippen LogP contribution in [0.3, 0.4) is 0 Å². The number of hydrogen-bond donors (Lipinski definition) is 3. The summed E-state index contributed by atoms with van der Waals surface area (Å²) >= 11 is 0. The number of hydrogen-bond acceptors (Lipinski definition) is 5. The summed E-state index contributed by atoms with van der Waals surface area (Å²) in [5, 5.41) is 3.20. The highest BCUT2D eigenvalue weighted by Gasteiger charge is 2.28. The van der Waals surface area contributed by atoms with Crippen molar-refractivity contribution in [1.82, 2.24) is 14.9 Å². The quantitative estimate of drug-likeness (QED) is 0.728. The molecule has 6 nitrogen and oxygen atoms in total. The molecule has 1 saturated heterocycles. The molecule has 100 valence electrons. The Hall–Kier alpha value is -1.56. The van der Waals surface area contributed by atoms with E-state index in [9.17, 15) is 4.79 Å². The van der Waals surface area contributed by atoms with Crippen molar-refractivity contribution in [2.24, 2.45) is 5.41 Å². The van der Waals surface area contributed by atoms with Gasteiger partial charge in [0, 0.05) is 6.54 Å². The van der Waals surface area contributed by atoms with E-state index in [1.807, 2.05) is 0 Å². The Morgan fingerprint density at radius 2 is 2.22 bits per heavy atom. The number of nitrogens with zero attached hydrogens (tertiary/aromatic N) is 2. The number of nitrogens with one attached hydrogen (secondary N) is 2. The number of nitrogen functional groups attached to an aromatic ring is 1. The second-order valence-electron chi connectivity index (χ2n) is 5.46. The number of aromatic nitrogens is 2. The molecule has 0 spiro atoms. The molecule has 0 aromatic carbocycles. The van der Waals surface area contributed by atoms with Crippen LogP contribution < -0.4 is 16.6 Å². The average molecular weight is 251 g/mol. The first-order valence-corrected chi connectivity index (χ1v) is 6.26. The van der Waals surface area contributed by atoms with E-state index < -0.39 is 0 Å². The molecule has 1 fully saturated rings. The standard InChI is InChI=1S/C12H21N5O/c1-12(3-5-17(2)6-4-12)7-14-10-9(13)11(18)16-8-15-10/h8H,3-7,13H2,1-2H3,(H2,14,15,16,18). The number of nitrogens with two attached hydrogens (primary N) is 1. The van der Waals surface area contributed by atoms with Crippen LogP contribution >= 0.6 is 0 Å². The van der Waals surface area contributed by atoms with Crippen LogP contribution in [-0.2, 0) is 0 Å². The molecular formula is C12H21N5O. The summed E-state index contributed by atoms with van der Waals surface area (Å²) in [4.78, 5) is 20.2. The van der Waals surface area contributed by atoms with Crippen molar-refractivity contribution in [3.63, 3.8) is 0 Å². The summed E-state index contributed by atoms with van der Waals surface area (Å²) in [7, 11) is 2.14. The first-order valence-electron chi connectivity index (χ1n) is 6.26. The summed E-state index contributed by atoms with van der Waals surface area (Å²) in [6.07, 6.45) is 3.65. The van der Waals surface area contributed by atoms with E-state index in [1.54, 1.807) is 0 Å². The van der Waals surface area contributed by atoms with Crippen LogP contribution in [0.25, 0.3) is 0 Å². The minimum absolute atomic E-state index is 0.161. The number of likely N-dealkylation sites (tertiary alicyclic amines) is 1. The zero-order valence-electron chi connectivity index (χ0n) is 11.0. The molecular weight excluding hydrogens is 230 g/mol. The molecule has 0 amide bonds. The van der Waals surface area contributed by atoms with Crippen molar-refractivity contribution >= 4 is 11.5 Å². The van der Waals surface area contributed by atoms with Crippen LogP contribution in [0.15, 0.2) is 11.1 Å². The highest BCUT2D eigenvalue weighted by molar-refractivity contribution is 5.58. The van der Waals surface area contributed by atoms with E-state index in [4.69, 9.17) is 5.73 Å². The Balaban J connectivity index is 1.99. The van der Waals surface area contributed by atoms with E-state index in [0.717, 1.165) is 32.5 Å². The van der Waals surface area contributed by atoms with Gasteiger partial charge in [0.1, 0.15) is 5.69 Å². The molecule has 0 atom stereocenters. The van der Waals surface area contributed by atoms with Crippen molar-refractivity contribution in [2.45, 2.75) is 19.8 Å². The zero-order chi connectivity index (χ0) is 13.2. The fourth-order valence-corrected chi connectivity index (χ4v) is 2.18. The minimum Gasteiger partial charge on any atom is -0.391 e. The van der Waals surface area contributed by atoms with Crippen LogP contribution in [-0.4, -0.2) is 41.5 Å². The normalized spacial score (nSPS) is 19.7. The van der Waals surface area contributed by atoms with Gasteiger partial charge in [0.25, 0.3) is 5.56 Å². The van der Waals surface area contributed by atoms with Gasteiger partial charge in [-0.05, 0) is 38.4 Å². The molecule has 0 unspecified atom stereocenters. The lowest BCUT2D eigenvalue weighted by atomic mass is 9.80. The molecule has 18 heavy (non-hydrogen) atoms. The third kappa shape index (κ3) is 2.81. The Morgan fingerprint density at radius 3 is 2.89 bits per heavy atom. The molecule has 1 aromatic heterocycles. The molecule has 6 heteroatoms.